The zero-order valence-corrected chi connectivity index (χ0v) is 21.4. The summed E-state index contributed by atoms with van der Waals surface area (Å²) in [5, 5.41) is 11.0. The van der Waals surface area contributed by atoms with Crippen molar-refractivity contribution in [2.45, 2.75) is 38.8 Å². The van der Waals surface area contributed by atoms with E-state index in [2.05, 4.69) is 28.1 Å². The number of benzene rings is 3. The van der Waals surface area contributed by atoms with Crippen molar-refractivity contribution >= 4 is 11.9 Å². The number of rotatable bonds is 5. The lowest BCUT2D eigenvalue weighted by Crippen LogP contribution is -2.33. The molecule has 1 aromatic heterocycles. The van der Waals surface area contributed by atoms with Crippen molar-refractivity contribution in [1.82, 2.24) is 9.88 Å². The summed E-state index contributed by atoms with van der Waals surface area (Å²) in [6, 6.07) is 24.2. The van der Waals surface area contributed by atoms with Gasteiger partial charge in [0, 0.05) is 25.0 Å². The number of phenolic OH excluding ortho intramolecular Hbond substituents is 1. The Kier molecular flexibility index (Phi) is 6.52. The van der Waals surface area contributed by atoms with Gasteiger partial charge in [0.2, 0.25) is 5.78 Å². The average molecular weight is 503 g/mol. The van der Waals surface area contributed by atoms with Gasteiger partial charge in [-0.3, -0.25) is 14.7 Å². The van der Waals surface area contributed by atoms with Crippen LogP contribution in [0.2, 0.25) is 0 Å². The number of allylic oxidation sites excluding steroid dienone is 1. The zero-order valence-electron chi connectivity index (χ0n) is 21.4. The molecule has 0 saturated carbocycles. The van der Waals surface area contributed by atoms with Crippen LogP contribution in [0.3, 0.4) is 0 Å². The highest BCUT2D eigenvalue weighted by Gasteiger charge is 2.35. The highest BCUT2D eigenvalue weighted by atomic mass is 16.5. The molecule has 0 unspecified atom stereocenters. The molecular weight excluding hydrogens is 472 g/mol. The van der Waals surface area contributed by atoms with E-state index in [9.17, 15) is 9.90 Å². The van der Waals surface area contributed by atoms with Gasteiger partial charge in [0.25, 0.3) is 0 Å². The number of aromatic nitrogens is 1. The summed E-state index contributed by atoms with van der Waals surface area (Å²) in [6.07, 6.45) is 8.78. The minimum atomic E-state index is -0.145. The largest absolute Gasteiger partial charge is 0.507 e. The number of likely N-dealkylation sites (tertiary alicyclic amines) is 1. The number of ether oxygens (including phenoxy) is 1. The molecular formula is C33H30N2O3. The molecule has 190 valence electrons. The maximum Gasteiger partial charge on any atom is 0.232 e. The Labute approximate surface area is 223 Å². The molecule has 5 heteroatoms. The number of aromatic hydroxyl groups is 1. The Morgan fingerprint density at radius 1 is 1.03 bits per heavy atom. The molecule has 3 heterocycles. The van der Waals surface area contributed by atoms with Gasteiger partial charge in [0.05, 0.1) is 11.1 Å². The fourth-order valence-corrected chi connectivity index (χ4v) is 5.62. The van der Waals surface area contributed by atoms with Crippen LogP contribution in [0.1, 0.15) is 57.9 Å². The van der Waals surface area contributed by atoms with Crippen molar-refractivity contribution in [2.75, 3.05) is 6.54 Å². The van der Waals surface area contributed by atoms with Crippen LogP contribution >= 0.6 is 0 Å². The Morgan fingerprint density at radius 3 is 2.58 bits per heavy atom. The second-order valence-corrected chi connectivity index (χ2v) is 10.1. The molecule has 5 nitrogen and oxygen atoms in total. The van der Waals surface area contributed by atoms with Crippen LogP contribution in [0, 0.1) is 6.92 Å². The molecule has 0 radical (unpaired) electrons. The third kappa shape index (κ3) is 4.61. The van der Waals surface area contributed by atoms with E-state index in [-0.39, 0.29) is 23.3 Å². The number of nitrogens with zero attached hydrogens (tertiary/aromatic N) is 2. The Bertz CT molecular complexity index is 1500. The second-order valence-electron chi connectivity index (χ2n) is 10.1. The lowest BCUT2D eigenvalue weighted by Gasteiger charge is -2.36. The monoisotopic (exact) mass is 502 g/mol. The van der Waals surface area contributed by atoms with Gasteiger partial charge in [0.15, 0.2) is 5.76 Å². The molecule has 1 fully saturated rings. The van der Waals surface area contributed by atoms with Gasteiger partial charge in [-0.05, 0) is 72.3 Å². The molecule has 1 saturated heterocycles. The molecule has 1 N–H and O–H groups in total. The molecule has 0 bridgehead atoms. The van der Waals surface area contributed by atoms with Crippen molar-refractivity contribution in [1.29, 1.82) is 0 Å². The van der Waals surface area contributed by atoms with E-state index in [1.807, 2.05) is 61.7 Å². The molecule has 0 aliphatic carbocycles. The zero-order chi connectivity index (χ0) is 26.1. The molecule has 1 atom stereocenters. The molecule has 2 aliphatic rings. The summed E-state index contributed by atoms with van der Waals surface area (Å²) in [6.45, 7) is 3.26. The average Bonchev–Trinajstić information content (AvgIpc) is 3.28. The van der Waals surface area contributed by atoms with Crippen molar-refractivity contribution in [3.8, 4) is 22.6 Å². The maximum absolute atomic E-state index is 13.5. The van der Waals surface area contributed by atoms with Gasteiger partial charge in [-0.2, -0.15) is 0 Å². The minimum Gasteiger partial charge on any atom is -0.507 e. The predicted molar refractivity (Wildman–Crippen MR) is 149 cm³/mol. The van der Waals surface area contributed by atoms with Crippen molar-refractivity contribution in [2.24, 2.45) is 0 Å². The van der Waals surface area contributed by atoms with Crippen LogP contribution in [0.5, 0.6) is 11.5 Å². The standard InChI is InChI=1S/C33H30N2O3/c1-22-18-29(36)27(21-35-17-6-5-11-28(35)26-10-7-16-34-20-26)33-31(22)32(37)30(38-33)19-23-12-14-25(15-13-23)24-8-3-2-4-9-24/h2-4,7-10,12-16,18-20,28,36H,5-6,11,17,21H2,1H3/b30-19-/t28-/m0/s1. The van der Waals surface area contributed by atoms with Crippen LogP contribution in [-0.4, -0.2) is 27.3 Å². The fourth-order valence-electron chi connectivity index (χ4n) is 5.62. The van der Waals surface area contributed by atoms with Crippen molar-refractivity contribution in [3.05, 3.63) is 119 Å². The van der Waals surface area contributed by atoms with E-state index < -0.39 is 0 Å². The van der Waals surface area contributed by atoms with Gasteiger partial charge in [-0.15, -0.1) is 0 Å². The van der Waals surface area contributed by atoms with Crippen molar-refractivity contribution in [3.63, 3.8) is 0 Å². The molecule has 4 aromatic rings. The number of Topliss-reactive ketones (excluding diaryl/α,β-unsaturated/α-hetero) is 1. The number of pyridine rings is 1. The van der Waals surface area contributed by atoms with Crippen LogP contribution in [0.25, 0.3) is 17.2 Å². The van der Waals surface area contributed by atoms with Crippen molar-refractivity contribution < 1.29 is 14.6 Å². The van der Waals surface area contributed by atoms with E-state index >= 15 is 0 Å². The smallest absolute Gasteiger partial charge is 0.232 e. The molecule has 38 heavy (non-hydrogen) atoms. The Morgan fingerprint density at radius 2 is 1.82 bits per heavy atom. The maximum atomic E-state index is 13.5. The first-order chi connectivity index (χ1) is 18.6. The van der Waals surface area contributed by atoms with E-state index in [4.69, 9.17) is 4.74 Å². The summed E-state index contributed by atoms with van der Waals surface area (Å²) < 4.78 is 6.23. The van der Waals surface area contributed by atoms with Gasteiger partial charge < -0.3 is 9.84 Å². The van der Waals surface area contributed by atoms with Crippen LogP contribution < -0.4 is 4.74 Å². The predicted octanol–water partition coefficient (Wildman–Crippen LogP) is 7.11. The highest BCUT2D eigenvalue weighted by molar-refractivity contribution is 6.15. The fraction of sp³-hybridized carbons (Fsp3) is 0.212. The van der Waals surface area contributed by atoms with Gasteiger partial charge >= 0.3 is 0 Å². The topological polar surface area (TPSA) is 62.7 Å². The first kappa shape index (κ1) is 24.1. The van der Waals surface area contributed by atoms with E-state index in [0.717, 1.165) is 48.1 Å². The molecule has 6 rings (SSSR count). The van der Waals surface area contributed by atoms with E-state index in [1.54, 1.807) is 18.3 Å². The molecule has 0 amide bonds. The SMILES string of the molecule is Cc1cc(O)c(CN2CCCC[C@H]2c2cccnc2)c2c1C(=O)/C(=C/c1ccc(-c3ccccc3)cc1)O2. The van der Waals surface area contributed by atoms with Crippen LogP contribution in [0.15, 0.2) is 90.9 Å². The third-order valence-corrected chi connectivity index (χ3v) is 7.58. The number of fused-ring (bicyclic) bond motifs is 1. The lowest BCUT2D eigenvalue weighted by molar-refractivity contribution is 0.101. The first-order valence-electron chi connectivity index (χ1n) is 13.2. The summed E-state index contributed by atoms with van der Waals surface area (Å²) in [5.41, 5.74) is 6.24. The number of carbonyl (C=O) groups is 1. The number of hydrogen-bond acceptors (Lipinski definition) is 5. The summed E-state index contributed by atoms with van der Waals surface area (Å²) in [5.74, 6) is 0.784. The van der Waals surface area contributed by atoms with Gasteiger partial charge in [0.1, 0.15) is 11.5 Å². The quantitative estimate of drug-likeness (QED) is 0.295. The molecule has 3 aromatic carbocycles. The number of carbonyl (C=O) groups excluding carboxylic acids is 1. The Hall–Kier alpha value is -4.22. The summed E-state index contributed by atoms with van der Waals surface area (Å²) in [4.78, 5) is 20.1. The van der Waals surface area contributed by atoms with E-state index in [0.29, 0.717) is 23.4 Å². The Balaban J connectivity index is 1.30. The number of ketones is 1. The number of piperidine rings is 1. The van der Waals surface area contributed by atoms with E-state index in [1.165, 1.54) is 5.56 Å². The third-order valence-electron chi connectivity index (χ3n) is 7.58. The normalized spacial score (nSPS) is 18.4. The minimum absolute atomic E-state index is 0.145. The van der Waals surface area contributed by atoms with Gasteiger partial charge in [-0.1, -0.05) is 67.1 Å². The first-order valence-corrected chi connectivity index (χ1v) is 13.2. The van der Waals surface area contributed by atoms with Gasteiger partial charge in [-0.25, -0.2) is 0 Å². The number of aryl methyl sites for hydroxylation is 1. The number of phenols is 1. The van der Waals surface area contributed by atoms with Crippen LogP contribution in [0.4, 0.5) is 0 Å². The summed E-state index contributed by atoms with van der Waals surface area (Å²) in [7, 11) is 0. The highest BCUT2D eigenvalue weighted by Crippen LogP contribution is 2.44. The van der Waals surface area contributed by atoms with Crippen LogP contribution in [-0.2, 0) is 6.54 Å². The molecule has 2 aliphatic heterocycles. The summed E-state index contributed by atoms with van der Waals surface area (Å²) >= 11 is 0. The molecule has 0 spiro atoms. The second kappa shape index (κ2) is 10.3. The number of hydrogen-bond donors (Lipinski definition) is 1. The lowest BCUT2D eigenvalue weighted by atomic mass is 9.94.